The van der Waals surface area contributed by atoms with Gasteiger partial charge in [0.15, 0.2) is 0 Å². The lowest BCUT2D eigenvalue weighted by atomic mass is 9.99. The highest BCUT2D eigenvalue weighted by atomic mass is 16.5. The van der Waals surface area contributed by atoms with E-state index in [2.05, 4.69) is 5.32 Å². The largest absolute Gasteiger partial charge is 0.481 e. The molecule has 0 saturated carbocycles. The van der Waals surface area contributed by atoms with Crippen LogP contribution in [0.1, 0.15) is 26.2 Å². The zero-order valence-corrected chi connectivity index (χ0v) is 11.3. The van der Waals surface area contributed by atoms with Crippen molar-refractivity contribution in [3.63, 3.8) is 0 Å². The van der Waals surface area contributed by atoms with Gasteiger partial charge in [0.25, 0.3) is 0 Å². The van der Waals surface area contributed by atoms with Gasteiger partial charge in [0, 0.05) is 6.54 Å². The second-order valence-electron chi connectivity index (χ2n) is 5.18. The number of piperidine rings is 1. The first-order valence-electron chi connectivity index (χ1n) is 6.99. The van der Waals surface area contributed by atoms with Crippen molar-refractivity contribution in [2.24, 2.45) is 5.92 Å². The molecule has 0 aromatic heterocycles. The van der Waals surface area contributed by atoms with Crippen LogP contribution in [0, 0.1) is 5.92 Å². The van der Waals surface area contributed by atoms with Gasteiger partial charge in [-0.05, 0) is 26.3 Å². The summed E-state index contributed by atoms with van der Waals surface area (Å²) < 4.78 is 5.26. The number of likely N-dealkylation sites (N-methyl/N-ethyl adjacent to an activating group) is 1. The number of carboxylic acid groups (broad SMARTS) is 1. The minimum atomic E-state index is -0.884. The summed E-state index contributed by atoms with van der Waals surface area (Å²) in [5.41, 5.74) is 0. The van der Waals surface area contributed by atoms with Crippen molar-refractivity contribution in [3.8, 4) is 0 Å². The highest BCUT2D eigenvalue weighted by Crippen LogP contribution is 2.22. The number of carbonyl (C=O) groups is 2. The Morgan fingerprint density at radius 2 is 2.16 bits per heavy atom. The van der Waals surface area contributed by atoms with E-state index in [4.69, 9.17) is 4.74 Å². The average Bonchev–Trinajstić information content (AvgIpc) is 2.90. The Balaban J connectivity index is 2.05. The minimum absolute atomic E-state index is 0.0175. The van der Waals surface area contributed by atoms with Crippen LogP contribution in [-0.2, 0) is 14.3 Å². The number of hydrogen-bond donors (Lipinski definition) is 2. The second kappa shape index (κ2) is 6.34. The molecule has 6 heteroatoms. The fourth-order valence-electron chi connectivity index (χ4n) is 2.90. The van der Waals surface area contributed by atoms with Gasteiger partial charge in [-0.1, -0.05) is 6.42 Å². The maximum Gasteiger partial charge on any atom is 0.311 e. The molecule has 2 rings (SSSR count). The van der Waals surface area contributed by atoms with Crippen LogP contribution >= 0.6 is 0 Å². The molecule has 2 heterocycles. The highest BCUT2D eigenvalue weighted by Gasteiger charge is 2.41. The van der Waals surface area contributed by atoms with Crippen LogP contribution in [0.2, 0.25) is 0 Å². The Kier molecular flexibility index (Phi) is 4.76. The van der Waals surface area contributed by atoms with Gasteiger partial charge in [0.05, 0.1) is 25.3 Å². The molecule has 0 aromatic carbocycles. The zero-order valence-electron chi connectivity index (χ0n) is 11.3. The summed E-state index contributed by atoms with van der Waals surface area (Å²) in [5.74, 6) is -1.47. The van der Waals surface area contributed by atoms with E-state index in [1.165, 1.54) is 0 Å². The predicted molar refractivity (Wildman–Crippen MR) is 68.8 cm³/mol. The summed E-state index contributed by atoms with van der Waals surface area (Å²) in [6.45, 7) is 3.79. The molecule has 2 N–H and O–H groups in total. The monoisotopic (exact) mass is 270 g/mol. The average molecular weight is 270 g/mol. The minimum Gasteiger partial charge on any atom is -0.481 e. The summed E-state index contributed by atoms with van der Waals surface area (Å²) in [7, 11) is 0. The molecule has 19 heavy (non-hydrogen) atoms. The van der Waals surface area contributed by atoms with Crippen LogP contribution < -0.4 is 5.32 Å². The molecule has 2 unspecified atom stereocenters. The second-order valence-corrected chi connectivity index (χ2v) is 5.18. The maximum absolute atomic E-state index is 12.5. The van der Waals surface area contributed by atoms with E-state index in [0.29, 0.717) is 13.2 Å². The molecular formula is C13H22N2O4. The summed E-state index contributed by atoms with van der Waals surface area (Å²) in [6.07, 6.45) is 2.98. The van der Waals surface area contributed by atoms with E-state index < -0.39 is 11.9 Å². The van der Waals surface area contributed by atoms with E-state index in [0.717, 1.165) is 25.8 Å². The van der Waals surface area contributed by atoms with E-state index in [1.807, 2.05) is 6.92 Å². The summed E-state index contributed by atoms with van der Waals surface area (Å²) in [6, 6.07) is -0.498. The molecular weight excluding hydrogens is 248 g/mol. The summed E-state index contributed by atoms with van der Waals surface area (Å²) >= 11 is 0. The highest BCUT2D eigenvalue weighted by molar-refractivity contribution is 5.83. The SMILES string of the molecule is CCN(C(=O)[C@H]1CCCCN1)C1COCC1C(=O)O. The third-order valence-electron chi connectivity index (χ3n) is 4.00. The Labute approximate surface area is 113 Å². The number of rotatable bonds is 4. The number of carbonyl (C=O) groups excluding carboxylic acids is 1. The topological polar surface area (TPSA) is 78.9 Å². The van der Waals surface area contributed by atoms with E-state index >= 15 is 0 Å². The van der Waals surface area contributed by atoms with Crippen LogP contribution in [0.5, 0.6) is 0 Å². The molecule has 6 nitrogen and oxygen atoms in total. The molecule has 108 valence electrons. The molecule has 0 aromatic rings. The lowest BCUT2D eigenvalue weighted by molar-refractivity contribution is -0.145. The van der Waals surface area contributed by atoms with Crippen LogP contribution in [0.25, 0.3) is 0 Å². The Hall–Kier alpha value is -1.14. The van der Waals surface area contributed by atoms with E-state index in [1.54, 1.807) is 4.90 Å². The van der Waals surface area contributed by atoms with E-state index in [9.17, 15) is 14.7 Å². The van der Waals surface area contributed by atoms with Crippen molar-refractivity contribution in [3.05, 3.63) is 0 Å². The molecule has 1 amide bonds. The molecule has 2 fully saturated rings. The molecule has 0 radical (unpaired) electrons. The Morgan fingerprint density at radius 3 is 2.74 bits per heavy atom. The molecule has 2 aliphatic rings. The number of carboxylic acids is 1. The summed E-state index contributed by atoms with van der Waals surface area (Å²) in [5, 5.41) is 12.4. The number of hydrogen-bond acceptors (Lipinski definition) is 4. The first-order chi connectivity index (χ1) is 9.15. The first kappa shape index (κ1) is 14.3. The molecule has 0 aliphatic carbocycles. The lowest BCUT2D eigenvalue weighted by Crippen LogP contribution is -2.54. The fraction of sp³-hybridized carbons (Fsp3) is 0.846. The number of ether oxygens (including phenoxy) is 1. The van der Waals surface area contributed by atoms with Gasteiger partial charge in [-0.15, -0.1) is 0 Å². The van der Waals surface area contributed by atoms with Crippen molar-refractivity contribution in [1.29, 1.82) is 0 Å². The normalized spacial score (nSPS) is 31.1. The van der Waals surface area contributed by atoms with Gasteiger partial charge in [0.2, 0.25) is 5.91 Å². The van der Waals surface area contributed by atoms with Crippen molar-refractivity contribution < 1.29 is 19.4 Å². The quantitative estimate of drug-likeness (QED) is 0.756. The number of amides is 1. The standard InChI is InChI=1S/C13H22N2O4/c1-2-15(11-8-19-7-9(11)13(17)18)12(16)10-5-3-4-6-14-10/h9-11,14H,2-8H2,1H3,(H,17,18)/t9?,10-,11?/m1/s1. The lowest BCUT2D eigenvalue weighted by Gasteiger charge is -2.34. The van der Waals surface area contributed by atoms with E-state index in [-0.39, 0.29) is 24.6 Å². The summed E-state index contributed by atoms with van der Waals surface area (Å²) in [4.78, 5) is 25.4. The van der Waals surface area contributed by atoms with Crippen LogP contribution in [0.4, 0.5) is 0 Å². The first-order valence-corrected chi connectivity index (χ1v) is 6.99. The molecule has 0 bridgehead atoms. The van der Waals surface area contributed by atoms with Gasteiger partial charge >= 0.3 is 5.97 Å². The molecule has 3 atom stereocenters. The van der Waals surface area contributed by atoms with Crippen LogP contribution in [0.15, 0.2) is 0 Å². The van der Waals surface area contributed by atoms with Gasteiger partial charge < -0.3 is 20.1 Å². The molecule has 2 aliphatic heterocycles. The number of nitrogens with one attached hydrogen (secondary N) is 1. The maximum atomic E-state index is 12.5. The van der Waals surface area contributed by atoms with Gasteiger partial charge in [0.1, 0.15) is 5.92 Å². The van der Waals surface area contributed by atoms with Crippen LogP contribution in [0.3, 0.4) is 0 Å². The van der Waals surface area contributed by atoms with Crippen molar-refractivity contribution >= 4 is 11.9 Å². The predicted octanol–water partition coefficient (Wildman–Crippen LogP) is 0.0766. The van der Waals surface area contributed by atoms with Gasteiger partial charge in [-0.2, -0.15) is 0 Å². The van der Waals surface area contributed by atoms with Crippen LogP contribution in [-0.4, -0.2) is 60.3 Å². The van der Waals surface area contributed by atoms with Crippen molar-refractivity contribution in [2.75, 3.05) is 26.3 Å². The number of nitrogens with zero attached hydrogens (tertiary/aromatic N) is 1. The fourth-order valence-corrected chi connectivity index (χ4v) is 2.90. The molecule has 2 saturated heterocycles. The molecule has 0 spiro atoms. The smallest absolute Gasteiger partial charge is 0.311 e. The zero-order chi connectivity index (χ0) is 13.8. The van der Waals surface area contributed by atoms with Crippen molar-refractivity contribution in [2.45, 2.75) is 38.3 Å². The Bertz CT molecular complexity index is 342. The Morgan fingerprint density at radius 1 is 1.37 bits per heavy atom. The number of aliphatic carboxylic acids is 1. The van der Waals surface area contributed by atoms with Crippen molar-refractivity contribution in [1.82, 2.24) is 10.2 Å². The third kappa shape index (κ3) is 3.06. The third-order valence-corrected chi connectivity index (χ3v) is 4.00. The van der Waals surface area contributed by atoms with Gasteiger partial charge in [-0.3, -0.25) is 9.59 Å². The van der Waals surface area contributed by atoms with Gasteiger partial charge in [-0.25, -0.2) is 0 Å².